The van der Waals surface area contributed by atoms with E-state index in [1.807, 2.05) is 19.0 Å². The minimum absolute atomic E-state index is 0.0229. The fraction of sp³-hybridized carbons (Fsp3) is 0.267. The minimum atomic E-state index is -3.76. The standard InChI is InChI=1S/C15H17N3O5S/c1-18(2)12(13-4-3-7-22-13)9-16-24(20,21)10-5-6-11-14(8-10)23-15(19)17-11/h3-8,12,16H,9H2,1-2H3,(H,17,19). The van der Waals surface area contributed by atoms with Crippen LogP contribution in [-0.4, -0.2) is 38.9 Å². The molecule has 128 valence electrons. The van der Waals surface area contributed by atoms with Crippen molar-refractivity contribution in [2.24, 2.45) is 0 Å². The molecule has 1 unspecified atom stereocenters. The summed E-state index contributed by atoms with van der Waals surface area (Å²) in [6.07, 6.45) is 1.54. The van der Waals surface area contributed by atoms with Crippen LogP contribution in [0.3, 0.4) is 0 Å². The van der Waals surface area contributed by atoms with Crippen molar-refractivity contribution in [2.75, 3.05) is 20.6 Å². The molecule has 1 atom stereocenters. The predicted octanol–water partition coefficient (Wildman–Crippen LogP) is 1.30. The van der Waals surface area contributed by atoms with Gasteiger partial charge in [-0.2, -0.15) is 0 Å². The van der Waals surface area contributed by atoms with Crippen LogP contribution in [0.25, 0.3) is 11.1 Å². The van der Waals surface area contributed by atoms with Gasteiger partial charge in [-0.15, -0.1) is 0 Å². The summed E-state index contributed by atoms with van der Waals surface area (Å²) >= 11 is 0. The second kappa shape index (κ2) is 6.27. The van der Waals surface area contributed by atoms with Gasteiger partial charge in [0.1, 0.15) is 5.76 Å². The molecule has 0 fully saturated rings. The lowest BCUT2D eigenvalue weighted by Gasteiger charge is -2.22. The quantitative estimate of drug-likeness (QED) is 0.693. The number of nitrogens with one attached hydrogen (secondary N) is 2. The number of oxazole rings is 1. The van der Waals surface area contributed by atoms with Gasteiger partial charge in [0.2, 0.25) is 10.0 Å². The number of nitrogens with zero attached hydrogens (tertiary/aromatic N) is 1. The van der Waals surface area contributed by atoms with Crippen molar-refractivity contribution < 1.29 is 17.3 Å². The van der Waals surface area contributed by atoms with Crippen molar-refractivity contribution in [3.05, 3.63) is 52.9 Å². The zero-order valence-electron chi connectivity index (χ0n) is 13.1. The third kappa shape index (κ3) is 3.28. The summed E-state index contributed by atoms with van der Waals surface area (Å²) in [6, 6.07) is 7.51. The number of sulfonamides is 1. The third-order valence-electron chi connectivity index (χ3n) is 3.66. The summed E-state index contributed by atoms with van der Waals surface area (Å²) in [5.41, 5.74) is 0.638. The van der Waals surface area contributed by atoms with E-state index < -0.39 is 15.8 Å². The van der Waals surface area contributed by atoms with Gasteiger partial charge in [-0.05, 0) is 38.4 Å². The topological polar surface area (TPSA) is 109 Å². The summed E-state index contributed by atoms with van der Waals surface area (Å²) < 4.78 is 37.8. The predicted molar refractivity (Wildman–Crippen MR) is 87.2 cm³/mol. The Morgan fingerprint density at radius 3 is 2.75 bits per heavy atom. The van der Waals surface area contributed by atoms with Crippen LogP contribution < -0.4 is 10.5 Å². The van der Waals surface area contributed by atoms with E-state index in [1.54, 1.807) is 18.4 Å². The van der Waals surface area contributed by atoms with Gasteiger partial charge in [0, 0.05) is 12.6 Å². The number of likely N-dealkylation sites (N-methyl/N-ethyl adjacent to an activating group) is 1. The van der Waals surface area contributed by atoms with E-state index in [2.05, 4.69) is 9.71 Å². The number of H-pyrrole nitrogens is 1. The molecule has 0 amide bonds. The molecule has 24 heavy (non-hydrogen) atoms. The second-order valence-electron chi connectivity index (χ2n) is 5.52. The highest BCUT2D eigenvalue weighted by atomic mass is 32.2. The Labute approximate surface area is 138 Å². The molecule has 2 N–H and O–H groups in total. The molecule has 0 aliphatic carbocycles. The van der Waals surface area contributed by atoms with Crippen LogP contribution in [0.15, 0.2) is 55.1 Å². The van der Waals surface area contributed by atoms with Gasteiger partial charge in [0.05, 0.1) is 22.7 Å². The molecule has 1 aromatic carbocycles. The molecule has 0 bridgehead atoms. The van der Waals surface area contributed by atoms with Crippen LogP contribution in [0.5, 0.6) is 0 Å². The molecule has 2 aromatic heterocycles. The van der Waals surface area contributed by atoms with Crippen LogP contribution in [-0.2, 0) is 10.0 Å². The number of furan rings is 1. The van der Waals surface area contributed by atoms with Crippen molar-refractivity contribution in [2.45, 2.75) is 10.9 Å². The van der Waals surface area contributed by atoms with E-state index in [9.17, 15) is 13.2 Å². The fourth-order valence-electron chi connectivity index (χ4n) is 2.38. The number of benzene rings is 1. The Balaban J connectivity index is 1.82. The Hall–Kier alpha value is -2.36. The van der Waals surface area contributed by atoms with Gasteiger partial charge in [-0.3, -0.25) is 9.88 Å². The number of aromatic amines is 1. The Bertz CT molecular complexity index is 986. The highest BCUT2D eigenvalue weighted by Gasteiger charge is 2.22. The second-order valence-corrected chi connectivity index (χ2v) is 7.29. The van der Waals surface area contributed by atoms with Gasteiger partial charge < -0.3 is 8.83 Å². The van der Waals surface area contributed by atoms with E-state index in [0.29, 0.717) is 11.3 Å². The maximum atomic E-state index is 12.5. The van der Waals surface area contributed by atoms with Crippen molar-refractivity contribution in [3.63, 3.8) is 0 Å². The molecule has 0 radical (unpaired) electrons. The third-order valence-corrected chi connectivity index (χ3v) is 5.09. The van der Waals surface area contributed by atoms with Gasteiger partial charge in [0.25, 0.3) is 0 Å². The van der Waals surface area contributed by atoms with Crippen LogP contribution in [0.2, 0.25) is 0 Å². The average molecular weight is 351 g/mol. The number of rotatable bonds is 6. The zero-order valence-corrected chi connectivity index (χ0v) is 14.0. The molecule has 0 spiro atoms. The summed E-state index contributed by atoms with van der Waals surface area (Å²) in [4.78, 5) is 15.5. The molecular formula is C15H17N3O5S. The normalized spacial score (nSPS) is 13.6. The van der Waals surface area contributed by atoms with Crippen molar-refractivity contribution >= 4 is 21.1 Å². The van der Waals surface area contributed by atoms with Crippen LogP contribution in [0, 0.1) is 0 Å². The van der Waals surface area contributed by atoms with E-state index in [0.717, 1.165) is 0 Å². The largest absolute Gasteiger partial charge is 0.468 e. The fourth-order valence-corrected chi connectivity index (χ4v) is 3.44. The maximum absolute atomic E-state index is 12.5. The monoisotopic (exact) mass is 351 g/mol. The molecule has 9 heteroatoms. The van der Waals surface area contributed by atoms with Gasteiger partial charge in [0.15, 0.2) is 5.58 Å². The SMILES string of the molecule is CN(C)C(CNS(=O)(=O)c1ccc2[nH]c(=O)oc2c1)c1ccco1. The number of fused-ring (bicyclic) bond motifs is 1. The summed E-state index contributed by atoms with van der Waals surface area (Å²) in [5, 5.41) is 0. The van der Waals surface area contributed by atoms with E-state index in [-0.39, 0.29) is 23.1 Å². The summed E-state index contributed by atoms with van der Waals surface area (Å²) in [7, 11) is -0.0858. The molecule has 0 saturated heterocycles. The molecule has 3 aromatic rings. The number of hydrogen-bond acceptors (Lipinski definition) is 6. The highest BCUT2D eigenvalue weighted by Crippen LogP contribution is 2.20. The minimum Gasteiger partial charge on any atom is -0.468 e. The van der Waals surface area contributed by atoms with Gasteiger partial charge in [-0.25, -0.2) is 17.9 Å². The molecule has 0 aliphatic heterocycles. The average Bonchev–Trinajstić information content (AvgIpc) is 3.14. The van der Waals surface area contributed by atoms with Crippen molar-refractivity contribution in [1.29, 1.82) is 0 Å². The number of hydrogen-bond donors (Lipinski definition) is 2. The zero-order chi connectivity index (χ0) is 17.3. The molecular weight excluding hydrogens is 334 g/mol. The molecule has 2 heterocycles. The first-order valence-corrected chi connectivity index (χ1v) is 8.67. The molecule has 0 saturated carbocycles. The molecule has 0 aliphatic rings. The summed E-state index contributed by atoms with van der Waals surface area (Å²) in [6.45, 7) is 0.137. The number of aromatic nitrogens is 1. The Morgan fingerprint density at radius 1 is 1.29 bits per heavy atom. The van der Waals surface area contributed by atoms with E-state index in [1.165, 1.54) is 18.2 Å². The van der Waals surface area contributed by atoms with Crippen LogP contribution in [0.1, 0.15) is 11.8 Å². The first-order chi connectivity index (χ1) is 11.4. The smallest absolute Gasteiger partial charge is 0.417 e. The molecule has 8 nitrogen and oxygen atoms in total. The van der Waals surface area contributed by atoms with Crippen LogP contribution in [0.4, 0.5) is 0 Å². The van der Waals surface area contributed by atoms with Gasteiger partial charge in [-0.1, -0.05) is 0 Å². The Kier molecular flexibility index (Phi) is 4.31. The maximum Gasteiger partial charge on any atom is 0.417 e. The van der Waals surface area contributed by atoms with E-state index in [4.69, 9.17) is 8.83 Å². The van der Waals surface area contributed by atoms with E-state index >= 15 is 0 Å². The van der Waals surface area contributed by atoms with Crippen molar-refractivity contribution in [1.82, 2.24) is 14.6 Å². The lowest BCUT2D eigenvalue weighted by Crippen LogP contribution is -2.34. The first kappa shape index (κ1) is 16.5. The van der Waals surface area contributed by atoms with Crippen LogP contribution >= 0.6 is 0 Å². The highest BCUT2D eigenvalue weighted by molar-refractivity contribution is 7.89. The van der Waals surface area contributed by atoms with Gasteiger partial charge >= 0.3 is 5.76 Å². The van der Waals surface area contributed by atoms with Crippen molar-refractivity contribution in [3.8, 4) is 0 Å². The Morgan fingerprint density at radius 2 is 2.08 bits per heavy atom. The lowest BCUT2D eigenvalue weighted by molar-refractivity contribution is 0.259. The lowest BCUT2D eigenvalue weighted by atomic mass is 10.2. The molecule has 3 rings (SSSR count). The first-order valence-electron chi connectivity index (χ1n) is 7.19. The summed E-state index contributed by atoms with van der Waals surface area (Å²) in [5.74, 6) is 0.0350.